The summed E-state index contributed by atoms with van der Waals surface area (Å²) in [5, 5.41) is 0. The van der Waals surface area contributed by atoms with Crippen LogP contribution in [0.25, 0.3) is 0 Å². The summed E-state index contributed by atoms with van der Waals surface area (Å²) in [6.45, 7) is 5.76. The van der Waals surface area contributed by atoms with Crippen molar-refractivity contribution in [1.29, 1.82) is 0 Å². The maximum atomic E-state index is 12.1. The topological polar surface area (TPSA) is 55.8 Å². The Morgan fingerprint density at radius 2 is 1.95 bits per heavy atom. The normalized spacial score (nSPS) is 22.0. The van der Waals surface area contributed by atoms with E-state index in [0.717, 1.165) is 12.0 Å². The highest BCUT2D eigenvalue weighted by Gasteiger charge is 2.38. The number of carbonyl (C=O) groups is 2. The number of amides is 1. The maximum absolute atomic E-state index is 12.1. The molecule has 21 heavy (non-hydrogen) atoms. The van der Waals surface area contributed by atoms with E-state index >= 15 is 0 Å². The third kappa shape index (κ3) is 4.21. The van der Waals surface area contributed by atoms with E-state index in [1.165, 1.54) is 4.90 Å². The number of hydrogen-bond acceptors (Lipinski definition) is 4. The second kappa shape index (κ2) is 6.16. The Bertz CT molecular complexity index is 495. The van der Waals surface area contributed by atoms with Crippen molar-refractivity contribution in [3.8, 4) is 5.75 Å². The van der Waals surface area contributed by atoms with Gasteiger partial charge in [-0.3, -0.25) is 4.90 Å². The van der Waals surface area contributed by atoms with Gasteiger partial charge in [0.1, 0.15) is 23.7 Å². The quantitative estimate of drug-likeness (QED) is 0.803. The van der Waals surface area contributed by atoms with Gasteiger partial charge < -0.3 is 14.3 Å². The molecule has 1 saturated heterocycles. The Morgan fingerprint density at radius 1 is 1.29 bits per heavy atom. The summed E-state index contributed by atoms with van der Waals surface area (Å²) in [5.74, 6) is 0.734. The molecule has 114 valence electrons. The van der Waals surface area contributed by atoms with Gasteiger partial charge in [-0.05, 0) is 32.9 Å². The highest BCUT2D eigenvalue weighted by Crippen LogP contribution is 2.24. The van der Waals surface area contributed by atoms with Gasteiger partial charge in [-0.2, -0.15) is 0 Å². The number of likely N-dealkylation sites (tertiary alicyclic amines) is 1. The number of rotatable bonds is 3. The van der Waals surface area contributed by atoms with Crippen molar-refractivity contribution in [1.82, 2.24) is 4.90 Å². The molecular formula is C16H21NO4. The third-order valence-corrected chi connectivity index (χ3v) is 3.14. The van der Waals surface area contributed by atoms with Crippen LogP contribution in [0.2, 0.25) is 0 Å². The zero-order chi connectivity index (χ0) is 15.5. The molecule has 0 saturated carbocycles. The first-order valence-corrected chi connectivity index (χ1v) is 7.05. The molecule has 1 heterocycles. The van der Waals surface area contributed by atoms with Gasteiger partial charge in [0.05, 0.1) is 12.6 Å². The summed E-state index contributed by atoms with van der Waals surface area (Å²) >= 11 is 0. The van der Waals surface area contributed by atoms with Crippen molar-refractivity contribution in [3.05, 3.63) is 30.3 Å². The van der Waals surface area contributed by atoms with Crippen LogP contribution >= 0.6 is 0 Å². The lowest BCUT2D eigenvalue weighted by Crippen LogP contribution is -2.41. The van der Waals surface area contributed by atoms with Crippen molar-refractivity contribution in [3.63, 3.8) is 0 Å². The van der Waals surface area contributed by atoms with E-state index in [-0.39, 0.29) is 6.10 Å². The van der Waals surface area contributed by atoms with Crippen LogP contribution in [0.1, 0.15) is 27.2 Å². The van der Waals surface area contributed by atoms with Gasteiger partial charge in [-0.1, -0.05) is 18.2 Å². The summed E-state index contributed by atoms with van der Waals surface area (Å²) in [6.07, 6.45) is 0.587. The average Bonchev–Trinajstić information content (AvgIpc) is 2.81. The minimum Gasteiger partial charge on any atom is -0.488 e. The van der Waals surface area contributed by atoms with Crippen LogP contribution in [0.15, 0.2) is 30.3 Å². The minimum atomic E-state index is -0.580. The predicted molar refractivity (Wildman–Crippen MR) is 78.3 cm³/mol. The molecule has 0 N–H and O–H groups in total. The Balaban J connectivity index is 2.00. The summed E-state index contributed by atoms with van der Waals surface area (Å²) in [5.41, 5.74) is -0.580. The molecule has 1 aliphatic heterocycles. The van der Waals surface area contributed by atoms with Gasteiger partial charge in [-0.15, -0.1) is 0 Å². The molecule has 0 radical (unpaired) electrons. The standard InChI is InChI=1S/C16H21NO4/c1-16(2,3)21-15(19)17-10-14(9-12(17)11-18)20-13-7-5-4-6-8-13/h4-8,11-12,14H,9-10H2,1-3H3/t12-,14-/m0/s1. The number of carbonyl (C=O) groups excluding carboxylic acids is 2. The fourth-order valence-corrected chi connectivity index (χ4v) is 2.26. The number of ether oxygens (including phenoxy) is 2. The second-order valence-electron chi connectivity index (χ2n) is 6.12. The van der Waals surface area contributed by atoms with Gasteiger partial charge in [0, 0.05) is 6.42 Å². The van der Waals surface area contributed by atoms with E-state index in [1.807, 2.05) is 30.3 Å². The Morgan fingerprint density at radius 3 is 2.52 bits per heavy atom. The van der Waals surface area contributed by atoms with Crippen LogP contribution in [0.5, 0.6) is 5.75 Å². The van der Waals surface area contributed by atoms with Gasteiger partial charge >= 0.3 is 6.09 Å². The molecule has 1 fully saturated rings. The Kier molecular flexibility index (Phi) is 4.50. The molecule has 5 heteroatoms. The third-order valence-electron chi connectivity index (χ3n) is 3.14. The van der Waals surface area contributed by atoms with Crippen LogP contribution in [-0.4, -0.2) is 41.6 Å². The van der Waals surface area contributed by atoms with Crippen molar-refractivity contribution in [2.75, 3.05) is 6.54 Å². The average molecular weight is 291 g/mol. The van der Waals surface area contributed by atoms with E-state index in [9.17, 15) is 9.59 Å². The number of para-hydroxylation sites is 1. The lowest BCUT2D eigenvalue weighted by atomic mass is 10.2. The van der Waals surface area contributed by atoms with E-state index in [1.54, 1.807) is 20.8 Å². The summed E-state index contributed by atoms with van der Waals surface area (Å²) in [6, 6.07) is 8.88. The molecule has 0 unspecified atom stereocenters. The lowest BCUT2D eigenvalue weighted by Gasteiger charge is -2.26. The zero-order valence-electron chi connectivity index (χ0n) is 12.6. The number of aldehydes is 1. The molecule has 1 aromatic carbocycles. The molecule has 1 aromatic rings. The molecule has 2 rings (SSSR count). The summed E-state index contributed by atoms with van der Waals surface area (Å²) in [4.78, 5) is 24.7. The van der Waals surface area contributed by atoms with Gasteiger partial charge in [-0.25, -0.2) is 4.79 Å². The molecule has 1 aliphatic rings. The molecule has 0 aromatic heterocycles. The SMILES string of the molecule is CC(C)(C)OC(=O)N1C[C@@H](Oc2ccccc2)C[C@H]1C=O. The van der Waals surface area contributed by atoms with E-state index < -0.39 is 17.7 Å². The highest BCUT2D eigenvalue weighted by molar-refractivity contribution is 5.74. The van der Waals surface area contributed by atoms with Crippen molar-refractivity contribution >= 4 is 12.4 Å². The number of nitrogens with zero attached hydrogens (tertiary/aromatic N) is 1. The van der Waals surface area contributed by atoms with E-state index in [4.69, 9.17) is 9.47 Å². The monoisotopic (exact) mass is 291 g/mol. The van der Waals surface area contributed by atoms with Crippen LogP contribution < -0.4 is 4.74 Å². The lowest BCUT2D eigenvalue weighted by molar-refractivity contribution is -0.111. The molecule has 5 nitrogen and oxygen atoms in total. The molecule has 0 aliphatic carbocycles. The highest BCUT2D eigenvalue weighted by atomic mass is 16.6. The van der Waals surface area contributed by atoms with Crippen LogP contribution in [0.4, 0.5) is 4.79 Å². The predicted octanol–water partition coefficient (Wildman–Crippen LogP) is 2.64. The molecule has 2 atom stereocenters. The Labute approximate surface area is 124 Å². The number of hydrogen-bond donors (Lipinski definition) is 0. The fourth-order valence-electron chi connectivity index (χ4n) is 2.26. The minimum absolute atomic E-state index is 0.199. The van der Waals surface area contributed by atoms with E-state index in [2.05, 4.69) is 0 Å². The number of benzene rings is 1. The first kappa shape index (κ1) is 15.4. The first-order valence-electron chi connectivity index (χ1n) is 7.05. The van der Waals surface area contributed by atoms with Gasteiger partial charge in [0.25, 0.3) is 0 Å². The smallest absolute Gasteiger partial charge is 0.411 e. The van der Waals surface area contributed by atoms with Crippen molar-refractivity contribution in [2.24, 2.45) is 0 Å². The van der Waals surface area contributed by atoms with Crippen molar-refractivity contribution < 1.29 is 19.1 Å². The molecule has 0 bridgehead atoms. The largest absolute Gasteiger partial charge is 0.488 e. The molecular weight excluding hydrogens is 270 g/mol. The second-order valence-corrected chi connectivity index (χ2v) is 6.12. The summed E-state index contributed by atoms with van der Waals surface area (Å²) < 4.78 is 11.1. The fraction of sp³-hybridized carbons (Fsp3) is 0.500. The molecule has 1 amide bonds. The summed E-state index contributed by atoms with van der Waals surface area (Å²) in [7, 11) is 0. The van der Waals surface area contributed by atoms with Crippen LogP contribution in [-0.2, 0) is 9.53 Å². The van der Waals surface area contributed by atoms with E-state index in [0.29, 0.717) is 13.0 Å². The Hall–Kier alpha value is -2.04. The maximum Gasteiger partial charge on any atom is 0.411 e. The van der Waals surface area contributed by atoms with Crippen LogP contribution in [0, 0.1) is 0 Å². The van der Waals surface area contributed by atoms with Gasteiger partial charge in [0.15, 0.2) is 0 Å². The molecule has 0 spiro atoms. The zero-order valence-corrected chi connectivity index (χ0v) is 12.6. The first-order chi connectivity index (χ1) is 9.89. The van der Waals surface area contributed by atoms with Gasteiger partial charge in [0.2, 0.25) is 0 Å². The van der Waals surface area contributed by atoms with Crippen LogP contribution in [0.3, 0.4) is 0 Å². The van der Waals surface area contributed by atoms with Crippen molar-refractivity contribution in [2.45, 2.75) is 44.9 Å².